The molecule has 0 radical (unpaired) electrons. The third-order valence-corrected chi connectivity index (χ3v) is 2.77. The first-order chi connectivity index (χ1) is 9.13. The van der Waals surface area contributed by atoms with Crippen LogP contribution in [0.2, 0.25) is 5.02 Å². The lowest BCUT2D eigenvalue weighted by Gasteiger charge is -2.00. The first-order valence-electron chi connectivity index (χ1n) is 5.85. The molecule has 0 spiro atoms. The van der Waals surface area contributed by atoms with E-state index in [1.54, 1.807) is 30.3 Å². The van der Waals surface area contributed by atoms with Crippen LogP contribution in [0.5, 0.6) is 5.75 Å². The van der Waals surface area contributed by atoms with E-state index in [4.69, 9.17) is 16.3 Å². The van der Waals surface area contributed by atoms with Crippen LogP contribution in [0.1, 0.15) is 11.1 Å². The number of aryl methyl sites for hydroxylation is 1. The molecule has 0 aromatic heterocycles. The van der Waals surface area contributed by atoms with Crippen molar-refractivity contribution in [2.75, 3.05) is 0 Å². The van der Waals surface area contributed by atoms with Gasteiger partial charge in [0.25, 0.3) is 0 Å². The van der Waals surface area contributed by atoms with Crippen LogP contribution in [0.15, 0.2) is 54.6 Å². The fourth-order valence-electron chi connectivity index (χ4n) is 1.49. The molecule has 2 aromatic rings. The fraction of sp³-hybridized carbons (Fsp3) is 0.0625. The largest absolute Gasteiger partial charge is 0.423 e. The van der Waals surface area contributed by atoms with Gasteiger partial charge in [-0.1, -0.05) is 41.4 Å². The SMILES string of the molecule is Cc1ccc(/C=C/C(=O)Oc2ccc(Cl)cc2)cc1. The maximum atomic E-state index is 11.6. The molecule has 0 bridgehead atoms. The van der Waals surface area contributed by atoms with E-state index in [0.29, 0.717) is 10.8 Å². The van der Waals surface area contributed by atoms with Crippen LogP contribution in [0.3, 0.4) is 0 Å². The minimum absolute atomic E-state index is 0.414. The minimum atomic E-state index is -0.414. The number of hydrogen-bond donors (Lipinski definition) is 0. The van der Waals surface area contributed by atoms with E-state index in [1.807, 2.05) is 31.2 Å². The van der Waals surface area contributed by atoms with Crippen LogP contribution < -0.4 is 4.74 Å². The number of halogens is 1. The third kappa shape index (κ3) is 4.27. The Morgan fingerprint density at radius 3 is 2.32 bits per heavy atom. The van der Waals surface area contributed by atoms with Gasteiger partial charge in [0.2, 0.25) is 0 Å². The van der Waals surface area contributed by atoms with Gasteiger partial charge in [0.1, 0.15) is 5.75 Å². The van der Waals surface area contributed by atoms with E-state index >= 15 is 0 Å². The van der Waals surface area contributed by atoms with Crippen molar-refractivity contribution in [2.45, 2.75) is 6.92 Å². The zero-order valence-electron chi connectivity index (χ0n) is 10.5. The Hall–Kier alpha value is -2.06. The van der Waals surface area contributed by atoms with Crippen LogP contribution in [0.4, 0.5) is 0 Å². The lowest BCUT2D eigenvalue weighted by Crippen LogP contribution is -2.03. The molecule has 0 N–H and O–H groups in total. The van der Waals surface area contributed by atoms with Crippen molar-refractivity contribution in [3.05, 3.63) is 70.8 Å². The highest BCUT2D eigenvalue weighted by atomic mass is 35.5. The molecule has 2 nitrogen and oxygen atoms in total. The standard InChI is InChI=1S/C16H13ClO2/c1-12-2-4-13(5-3-12)6-11-16(18)19-15-9-7-14(17)8-10-15/h2-11H,1H3/b11-6+. The maximum Gasteiger partial charge on any atom is 0.336 e. The summed E-state index contributed by atoms with van der Waals surface area (Å²) in [5, 5.41) is 0.606. The average molecular weight is 273 g/mol. The number of carbonyl (C=O) groups is 1. The highest BCUT2D eigenvalue weighted by molar-refractivity contribution is 6.30. The molecule has 0 aliphatic rings. The molecule has 19 heavy (non-hydrogen) atoms. The van der Waals surface area contributed by atoms with Gasteiger partial charge in [-0.05, 0) is 42.8 Å². The topological polar surface area (TPSA) is 26.3 Å². The van der Waals surface area contributed by atoms with Crippen molar-refractivity contribution in [3.63, 3.8) is 0 Å². The first kappa shape index (κ1) is 13.4. The van der Waals surface area contributed by atoms with Gasteiger partial charge in [-0.2, -0.15) is 0 Å². The van der Waals surface area contributed by atoms with Crippen molar-refractivity contribution in [1.82, 2.24) is 0 Å². The number of hydrogen-bond acceptors (Lipinski definition) is 2. The van der Waals surface area contributed by atoms with E-state index in [-0.39, 0.29) is 0 Å². The molecule has 2 aromatic carbocycles. The summed E-state index contributed by atoms with van der Waals surface area (Å²) in [6.07, 6.45) is 3.12. The normalized spacial score (nSPS) is 10.6. The highest BCUT2D eigenvalue weighted by Gasteiger charge is 2.00. The molecule has 2 rings (SSSR count). The van der Waals surface area contributed by atoms with Crippen LogP contribution in [-0.4, -0.2) is 5.97 Å². The van der Waals surface area contributed by atoms with Crippen molar-refractivity contribution >= 4 is 23.6 Å². The second-order valence-corrected chi connectivity index (χ2v) is 4.56. The molecule has 0 aliphatic carbocycles. The van der Waals surface area contributed by atoms with Crippen LogP contribution >= 0.6 is 11.6 Å². The summed E-state index contributed by atoms with van der Waals surface area (Å²) in [5.41, 5.74) is 2.14. The Labute approximate surface area is 117 Å². The van der Waals surface area contributed by atoms with E-state index < -0.39 is 5.97 Å². The molecule has 0 aliphatic heterocycles. The van der Waals surface area contributed by atoms with Gasteiger partial charge in [0, 0.05) is 11.1 Å². The molecular formula is C16H13ClO2. The van der Waals surface area contributed by atoms with Gasteiger partial charge in [-0.3, -0.25) is 0 Å². The summed E-state index contributed by atoms with van der Waals surface area (Å²) in [4.78, 5) is 11.6. The van der Waals surface area contributed by atoms with Gasteiger partial charge in [-0.15, -0.1) is 0 Å². The van der Waals surface area contributed by atoms with Gasteiger partial charge < -0.3 is 4.74 Å². The third-order valence-electron chi connectivity index (χ3n) is 2.52. The van der Waals surface area contributed by atoms with E-state index in [0.717, 1.165) is 5.56 Å². The Morgan fingerprint density at radius 2 is 1.68 bits per heavy atom. The molecule has 0 heterocycles. The molecule has 0 atom stereocenters. The first-order valence-corrected chi connectivity index (χ1v) is 6.23. The van der Waals surface area contributed by atoms with Crippen molar-refractivity contribution < 1.29 is 9.53 Å². The quantitative estimate of drug-likeness (QED) is 0.474. The number of ether oxygens (including phenoxy) is 1. The van der Waals surface area contributed by atoms with E-state index in [2.05, 4.69) is 0 Å². The van der Waals surface area contributed by atoms with Gasteiger partial charge in [-0.25, -0.2) is 4.79 Å². The molecule has 0 saturated carbocycles. The molecule has 96 valence electrons. The average Bonchev–Trinajstić information content (AvgIpc) is 2.41. The van der Waals surface area contributed by atoms with Crippen molar-refractivity contribution in [3.8, 4) is 5.75 Å². The number of esters is 1. The summed E-state index contributed by atoms with van der Waals surface area (Å²) in [6, 6.07) is 14.5. The summed E-state index contributed by atoms with van der Waals surface area (Å²) >= 11 is 5.75. The zero-order valence-corrected chi connectivity index (χ0v) is 11.2. The van der Waals surface area contributed by atoms with Gasteiger partial charge >= 0.3 is 5.97 Å². The molecule has 0 amide bonds. The number of carbonyl (C=O) groups excluding carboxylic acids is 1. The number of rotatable bonds is 3. The Morgan fingerprint density at radius 1 is 1.05 bits per heavy atom. The van der Waals surface area contributed by atoms with E-state index in [1.165, 1.54) is 11.6 Å². The lowest BCUT2D eigenvalue weighted by atomic mass is 10.1. The monoisotopic (exact) mass is 272 g/mol. The smallest absolute Gasteiger partial charge is 0.336 e. The predicted molar refractivity (Wildman–Crippen MR) is 77.3 cm³/mol. The van der Waals surface area contributed by atoms with Crippen LogP contribution in [0, 0.1) is 6.92 Å². The highest BCUT2D eigenvalue weighted by Crippen LogP contribution is 2.15. The second-order valence-electron chi connectivity index (χ2n) is 4.12. The molecule has 3 heteroatoms. The second kappa shape index (κ2) is 6.21. The van der Waals surface area contributed by atoms with Crippen LogP contribution in [0.25, 0.3) is 6.08 Å². The Bertz CT molecular complexity index is 583. The van der Waals surface area contributed by atoms with Gasteiger partial charge in [0.05, 0.1) is 0 Å². The molecule has 0 fully saturated rings. The van der Waals surface area contributed by atoms with Crippen molar-refractivity contribution in [2.24, 2.45) is 0 Å². The predicted octanol–water partition coefficient (Wildman–Crippen LogP) is 4.27. The molecular weight excluding hydrogens is 260 g/mol. The number of benzene rings is 2. The summed E-state index contributed by atoms with van der Waals surface area (Å²) in [7, 11) is 0. The molecule has 0 saturated heterocycles. The van der Waals surface area contributed by atoms with E-state index in [9.17, 15) is 4.79 Å². The van der Waals surface area contributed by atoms with Gasteiger partial charge in [0.15, 0.2) is 0 Å². The lowest BCUT2D eigenvalue weighted by molar-refractivity contribution is -0.128. The molecule has 0 unspecified atom stereocenters. The Kier molecular flexibility index (Phi) is 4.37. The maximum absolute atomic E-state index is 11.6. The fourth-order valence-corrected chi connectivity index (χ4v) is 1.62. The summed E-state index contributed by atoms with van der Waals surface area (Å²) < 4.78 is 5.13. The van der Waals surface area contributed by atoms with Crippen LogP contribution in [-0.2, 0) is 4.79 Å². The summed E-state index contributed by atoms with van der Waals surface area (Å²) in [6.45, 7) is 2.02. The Balaban J connectivity index is 1.97. The zero-order chi connectivity index (χ0) is 13.7. The van der Waals surface area contributed by atoms with Crippen molar-refractivity contribution in [1.29, 1.82) is 0 Å². The summed E-state index contributed by atoms with van der Waals surface area (Å²) in [5.74, 6) is 0.0610. The minimum Gasteiger partial charge on any atom is -0.423 e.